The van der Waals surface area contributed by atoms with Gasteiger partial charge in [-0.25, -0.2) is 0 Å². The van der Waals surface area contributed by atoms with Crippen molar-refractivity contribution < 1.29 is 4.79 Å². The van der Waals surface area contributed by atoms with Crippen LogP contribution in [0.1, 0.15) is 26.2 Å². The topological polar surface area (TPSA) is 69.8 Å². The number of nitrogens with zero attached hydrogens (tertiary/aromatic N) is 1. The number of amides is 1. The third kappa shape index (κ3) is 2.18. The first-order chi connectivity index (χ1) is 9.75. The van der Waals surface area contributed by atoms with E-state index in [0.29, 0.717) is 0 Å². The Labute approximate surface area is 118 Å². The maximum atomic E-state index is 12.7. The van der Waals surface area contributed by atoms with Gasteiger partial charge in [0.25, 0.3) is 0 Å². The highest BCUT2D eigenvalue weighted by molar-refractivity contribution is 6.03. The summed E-state index contributed by atoms with van der Waals surface area (Å²) < 4.78 is 0. The third-order valence-corrected chi connectivity index (χ3v) is 4.19. The van der Waals surface area contributed by atoms with Crippen LogP contribution in [0.15, 0.2) is 24.4 Å². The Morgan fingerprint density at radius 2 is 2.40 bits per heavy atom. The first-order valence-electron chi connectivity index (χ1n) is 7.19. The van der Waals surface area contributed by atoms with Crippen LogP contribution in [0.4, 0.5) is 5.69 Å². The molecule has 1 fully saturated rings. The van der Waals surface area contributed by atoms with Gasteiger partial charge in [-0.15, -0.1) is 0 Å². The molecule has 106 valence electrons. The Kier molecular flexibility index (Phi) is 3.44. The van der Waals surface area contributed by atoms with Gasteiger partial charge in [-0.05, 0) is 31.5 Å². The summed E-state index contributed by atoms with van der Waals surface area (Å²) in [6.45, 7) is 3.82. The van der Waals surface area contributed by atoms with E-state index in [9.17, 15) is 4.79 Å². The van der Waals surface area contributed by atoms with E-state index < -0.39 is 0 Å². The van der Waals surface area contributed by atoms with Crippen molar-refractivity contribution in [3.05, 3.63) is 24.4 Å². The van der Waals surface area contributed by atoms with Crippen LogP contribution in [0.5, 0.6) is 0 Å². The van der Waals surface area contributed by atoms with Gasteiger partial charge in [-0.3, -0.25) is 9.89 Å². The predicted octanol–water partition coefficient (Wildman–Crippen LogP) is 2.28. The van der Waals surface area contributed by atoms with E-state index in [0.717, 1.165) is 48.9 Å². The molecule has 0 bridgehead atoms. The summed E-state index contributed by atoms with van der Waals surface area (Å²) in [6.07, 6.45) is 4.61. The molecule has 5 heteroatoms. The zero-order chi connectivity index (χ0) is 14.0. The second-order valence-electron chi connectivity index (χ2n) is 5.55. The number of H-pyrrole nitrogens is 1. The molecule has 0 radical (unpaired) electrons. The zero-order valence-electron chi connectivity index (χ0n) is 11.7. The van der Waals surface area contributed by atoms with Crippen LogP contribution in [0.3, 0.4) is 0 Å². The summed E-state index contributed by atoms with van der Waals surface area (Å²) in [4.78, 5) is 12.7. The fraction of sp³-hybridized carbons (Fsp3) is 0.467. The van der Waals surface area contributed by atoms with Gasteiger partial charge < -0.3 is 10.6 Å². The highest BCUT2D eigenvalue weighted by Gasteiger charge is 2.40. The Balaban J connectivity index is 1.86. The molecule has 0 saturated carbocycles. The van der Waals surface area contributed by atoms with Crippen LogP contribution in [0, 0.1) is 5.41 Å². The lowest BCUT2D eigenvalue weighted by Gasteiger charge is -2.26. The smallest absolute Gasteiger partial charge is 0.231 e. The summed E-state index contributed by atoms with van der Waals surface area (Å²) in [5.74, 6) is 0.123. The second kappa shape index (κ2) is 5.25. The van der Waals surface area contributed by atoms with Gasteiger partial charge in [0, 0.05) is 11.9 Å². The first kappa shape index (κ1) is 13.1. The van der Waals surface area contributed by atoms with Gasteiger partial charge in [0.15, 0.2) is 0 Å². The van der Waals surface area contributed by atoms with Gasteiger partial charge in [-0.2, -0.15) is 5.10 Å². The molecular weight excluding hydrogens is 252 g/mol. The number of aromatic nitrogens is 2. The Hall–Kier alpha value is -1.88. The molecule has 1 atom stereocenters. The number of hydrogen-bond acceptors (Lipinski definition) is 3. The summed E-state index contributed by atoms with van der Waals surface area (Å²) in [5, 5.41) is 14.3. The fourth-order valence-electron chi connectivity index (χ4n) is 3.08. The van der Waals surface area contributed by atoms with Crippen molar-refractivity contribution in [2.24, 2.45) is 5.41 Å². The van der Waals surface area contributed by atoms with Crippen LogP contribution < -0.4 is 10.6 Å². The van der Waals surface area contributed by atoms with E-state index >= 15 is 0 Å². The molecule has 3 N–H and O–H groups in total. The number of nitrogens with one attached hydrogen (secondary N) is 3. The lowest BCUT2D eigenvalue weighted by molar-refractivity contribution is -0.125. The minimum absolute atomic E-state index is 0.123. The molecule has 2 heterocycles. The Morgan fingerprint density at radius 3 is 3.15 bits per heavy atom. The van der Waals surface area contributed by atoms with Gasteiger partial charge >= 0.3 is 0 Å². The van der Waals surface area contributed by atoms with E-state index in [2.05, 4.69) is 27.8 Å². The van der Waals surface area contributed by atoms with Gasteiger partial charge in [0.1, 0.15) is 0 Å². The van der Waals surface area contributed by atoms with Gasteiger partial charge in [-0.1, -0.05) is 19.4 Å². The Morgan fingerprint density at radius 1 is 1.50 bits per heavy atom. The monoisotopic (exact) mass is 272 g/mol. The number of rotatable bonds is 4. The summed E-state index contributed by atoms with van der Waals surface area (Å²) in [5.41, 5.74) is 1.52. The van der Waals surface area contributed by atoms with Crippen LogP contribution >= 0.6 is 0 Å². The van der Waals surface area contributed by atoms with Crippen molar-refractivity contribution in [3.8, 4) is 0 Å². The van der Waals surface area contributed by atoms with Crippen molar-refractivity contribution in [1.82, 2.24) is 15.5 Å². The summed E-state index contributed by atoms with van der Waals surface area (Å²) >= 11 is 0. The third-order valence-electron chi connectivity index (χ3n) is 4.19. The van der Waals surface area contributed by atoms with E-state index in [1.54, 1.807) is 6.20 Å². The van der Waals surface area contributed by atoms with Crippen LogP contribution in [-0.2, 0) is 4.79 Å². The van der Waals surface area contributed by atoms with E-state index in [-0.39, 0.29) is 11.3 Å². The van der Waals surface area contributed by atoms with Crippen molar-refractivity contribution >= 4 is 22.5 Å². The molecule has 0 aliphatic carbocycles. The lowest BCUT2D eigenvalue weighted by Crippen LogP contribution is -2.38. The number of fused-ring (bicyclic) bond motifs is 1. The standard InChI is InChI=1S/C15H20N4O/c1-2-6-15(7-8-16-10-15)14(20)18-12-4-3-5-13-11(12)9-17-19-13/h3-5,9,16H,2,6-8,10H2,1H3,(H,17,19)(H,18,20). The van der Waals surface area contributed by atoms with Gasteiger partial charge in [0.2, 0.25) is 5.91 Å². The van der Waals surface area contributed by atoms with E-state index in [1.807, 2.05) is 18.2 Å². The molecule has 1 amide bonds. The zero-order valence-corrected chi connectivity index (χ0v) is 11.7. The lowest BCUT2D eigenvalue weighted by atomic mass is 9.81. The largest absolute Gasteiger partial charge is 0.325 e. The van der Waals surface area contributed by atoms with E-state index in [1.165, 1.54) is 0 Å². The average Bonchev–Trinajstić information content (AvgIpc) is 3.08. The fourth-order valence-corrected chi connectivity index (χ4v) is 3.08. The highest BCUT2D eigenvalue weighted by atomic mass is 16.2. The molecule has 1 aliphatic heterocycles. The Bertz CT molecular complexity index is 613. The minimum Gasteiger partial charge on any atom is -0.325 e. The molecule has 1 saturated heterocycles. The molecule has 1 aliphatic rings. The maximum Gasteiger partial charge on any atom is 0.231 e. The van der Waals surface area contributed by atoms with Crippen LogP contribution in [0.2, 0.25) is 0 Å². The van der Waals surface area contributed by atoms with Crippen molar-refractivity contribution in [3.63, 3.8) is 0 Å². The molecule has 1 unspecified atom stereocenters. The van der Waals surface area contributed by atoms with Crippen LogP contribution in [0.25, 0.3) is 10.9 Å². The summed E-state index contributed by atoms with van der Waals surface area (Å²) in [7, 11) is 0. The molecule has 1 aromatic carbocycles. The second-order valence-corrected chi connectivity index (χ2v) is 5.55. The van der Waals surface area contributed by atoms with Crippen molar-refractivity contribution in [1.29, 1.82) is 0 Å². The normalized spacial score (nSPS) is 22.2. The molecule has 20 heavy (non-hydrogen) atoms. The molecule has 3 rings (SSSR count). The summed E-state index contributed by atoms with van der Waals surface area (Å²) in [6, 6.07) is 5.81. The number of carbonyl (C=O) groups is 1. The minimum atomic E-state index is -0.263. The van der Waals surface area contributed by atoms with Gasteiger partial charge in [0.05, 0.1) is 22.8 Å². The van der Waals surface area contributed by atoms with E-state index in [4.69, 9.17) is 0 Å². The number of carbonyl (C=O) groups excluding carboxylic acids is 1. The van der Waals surface area contributed by atoms with Crippen LogP contribution in [-0.4, -0.2) is 29.2 Å². The maximum absolute atomic E-state index is 12.7. The molecule has 5 nitrogen and oxygen atoms in total. The number of aromatic amines is 1. The SMILES string of the molecule is CCCC1(C(=O)Nc2cccc3[nH]ncc23)CCNC1. The quantitative estimate of drug-likeness (QED) is 0.799. The molecule has 1 aromatic heterocycles. The number of hydrogen-bond donors (Lipinski definition) is 3. The molecular formula is C15H20N4O. The van der Waals surface area contributed by atoms with Crippen molar-refractivity contribution in [2.75, 3.05) is 18.4 Å². The predicted molar refractivity (Wildman–Crippen MR) is 79.6 cm³/mol. The first-order valence-corrected chi connectivity index (χ1v) is 7.19. The average molecular weight is 272 g/mol. The highest BCUT2D eigenvalue weighted by Crippen LogP contribution is 2.33. The van der Waals surface area contributed by atoms with Crippen molar-refractivity contribution in [2.45, 2.75) is 26.2 Å². The number of benzene rings is 1. The molecule has 2 aromatic rings. The molecule has 0 spiro atoms. The number of anilines is 1.